The highest BCUT2D eigenvalue weighted by molar-refractivity contribution is 9.10. The molecule has 3 heteroatoms. The molecule has 2 aromatic carbocycles. The Balaban J connectivity index is 2.13. The number of hydrogen-bond acceptors (Lipinski definition) is 2. The van der Waals surface area contributed by atoms with Crippen LogP contribution in [0, 0.1) is 0 Å². The van der Waals surface area contributed by atoms with E-state index in [1.165, 1.54) is 4.70 Å². The van der Waals surface area contributed by atoms with E-state index in [0.29, 0.717) is 0 Å². The Morgan fingerprint density at radius 1 is 1.00 bits per heavy atom. The van der Waals surface area contributed by atoms with Gasteiger partial charge in [-0.25, -0.2) is 0 Å². The summed E-state index contributed by atoms with van der Waals surface area (Å²) in [7, 11) is 0. The molecule has 90 valence electrons. The van der Waals surface area contributed by atoms with Gasteiger partial charge in [0.2, 0.25) is 0 Å². The summed E-state index contributed by atoms with van der Waals surface area (Å²) in [5, 5.41) is 13.6. The van der Waals surface area contributed by atoms with E-state index in [0.717, 1.165) is 21.0 Å². The largest absolute Gasteiger partial charge is 0.384 e. The van der Waals surface area contributed by atoms with E-state index in [9.17, 15) is 5.11 Å². The van der Waals surface area contributed by atoms with Crippen LogP contribution in [0.15, 0.2) is 58.4 Å². The molecule has 0 saturated carbocycles. The number of fused-ring (bicyclic) bond motifs is 1. The van der Waals surface area contributed by atoms with Crippen molar-refractivity contribution in [1.29, 1.82) is 0 Å². The van der Waals surface area contributed by atoms with Gasteiger partial charge in [-0.1, -0.05) is 42.5 Å². The number of rotatable bonds is 2. The van der Waals surface area contributed by atoms with Crippen molar-refractivity contribution in [2.75, 3.05) is 0 Å². The van der Waals surface area contributed by atoms with Crippen molar-refractivity contribution < 1.29 is 5.11 Å². The summed E-state index contributed by atoms with van der Waals surface area (Å²) < 4.78 is 2.26. The molecule has 0 spiro atoms. The number of benzene rings is 2. The van der Waals surface area contributed by atoms with Crippen molar-refractivity contribution in [1.82, 2.24) is 0 Å². The lowest BCUT2D eigenvalue weighted by molar-refractivity contribution is 0.222. The van der Waals surface area contributed by atoms with E-state index in [4.69, 9.17) is 0 Å². The molecule has 3 aromatic rings. The number of hydrogen-bond donors (Lipinski definition) is 1. The maximum absolute atomic E-state index is 10.5. The van der Waals surface area contributed by atoms with Gasteiger partial charge < -0.3 is 5.11 Å². The lowest BCUT2D eigenvalue weighted by Gasteiger charge is -2.10. The van der Waals surface area contributed by atoms with Gasteiger partial charge in [-0.05, 0) is 38.3 Å². The zero-order valence-corrected chi connectivity index (χ0v) is 11.9. The van der Waals surface area contributed by atoms with Gasteiger partial charge in [0.15, 0.2) is 0 Å². The van der Waals surface area contributed by atoms with Gasteiger partial charge in [-0.2, -0.15) is 0 Å². The number of aliphatic hydroxyl groups is 1. The summed E-state index contributed by atoms with van der Waals surface area (Å²) in [6, 6.07) is 15.8. The molecule has 1 heterocycles. The Hall–Kier alpha value is -1.16. The summed E-state index contributed by atoms with van der Waals surface area (Å²) in [4.78, 5) is 0. The van der Waals surface area contributed by atoms with Crippen LogP contribution in [-0.2, 0) is 0 Å². The Morgan fingerprint density at radius 2 is 1.78 bits per heavy atom. The highest BCUT2D eigenvalue weighted by atomic mass is 79.9. The van der Waals surface area contributed by atoms with Gasteiger partial charge in [0, 0.05) is 14.7 Å². The van der Waals surface area contributed by atoms with Crippen LogP contribution in [0.2, 0.25) is 0 Å². The van der Waals surface area contributed by atoms with Gasteiger partial charge >= 0.3 is 0 Å². The van der Waals surface area contributed by atoms with E-state index in [1.54, 1.807) is 11.3 Å². The molecule has 0 fully saturated rings. The Morgan fingerprint density at radius 3 is 2.56 bits per heavy atom. The Kier molecular flexibility index (Phi) is 3.20. The molecule has 0 saturated heterocycles. The quantitative estimate of drug-likeness (QED) is 0.723. The second kappa shape index (κ2) is 4.84. The molecular weight excluding hydrogens is 308 g/mol. The fourth-order valence-corrected chi connectivity index (χ4v) is 3.71. The van der Waals surface area contributed by atoms with E-state index in [2.05, 4.69) is 22.0 Å². The van der Waals surface area contributed by atoms with Gasteiger partial charge in [0.05, 0.1) is 0 Å². The number of halogens is 1. The van der Waals surface area contributed by atoms with Crippen molar-refractivity contribution in [3.05, 3.63) is 69.5 Å². The van der Waals surface area contributed by atoms with Crippen LogP contribution in [0.1, 0.15) is 17.2 Å². The molecule has 0 amide bonds. The summed E-state index contributed by atoms with van der Waals surface area (Å²) in [5.41, 5.74) is 1.90. The van der Waals surface area contributed by atoms with Crippen LogP contribution in [-0.4, -0.2) is 5.11 Å². The van der Waals surface area contributed by atoms with Crippen LogP contribution in [0.5, 0.6) is 0 Å². The maximum Gasteiger partial charge on any atom is 0.105 e. The zero-order valence-electron chi connectivity index (χ0n) is 9.51. The third kappa shape index (κ3) is 1.99. The molecule has 1 unspecified atom stereocenters. The summed E-state index contributed by atoms with van der Waals surface area (Å²) >= 11 is 5.20. The monoisotopic (exact) mass is 318 g/mol. The van der Waals surface area contributed by atoms with Gasteiger partial charge in [-0.3, -0.25) is 0 Å². The lowest BCUT2D eigenvalue weighted by Crippen LogP contribution is -1.97. The topological polar surface area (TPSA) is 20.2 Å². The minimum Gasteiger partial charge on any atom is -0.384 e. The van der Waals surface area contributed by atoms with Crippen LogP contribution in [0.4, 0.5) is 0 Å². The van der Waals surface area contributed by atoms with Crippen molar-refractivity contribution in [3.8, 4) is 0 Å². The maximum atomic E-state index is 10.5. The fourth-order valence-electron chi connectivity index (χ4n) is 2.07. The molecule has 0 radical (unpaired) electrons. The number of thiophene rings is 1. The van der Waals surface area contributed by atoms with E-state index < -0.39 is 6.10 Å². The lowest BCUT2D eigenvalue weighted by atomic mass is 10.0. The molecule has 1 nitrogen and oxygen atoms in total. The average molecular weight is 319 g/mol. The first kappa shape index (κ1) is 11.9. The molecule has 18 heavy (non-hydrogen) atoms. The van der Waals surface area contributed by atoms with E-state index >= 15 is 0 Å². The second-order valence-electron chi connectivity index (χ2n) is 4.12. The summed E-state index contributed by atoms with van der Waals surface area (Å²) in [5.74, 6) is 0. The van der Waals surface area contributed by atoms with Crippen LogP contribution in [0.25, 0.3) is 10.1 Å². The molecule has 0 aliphatic carbocycles. The second-order valence-corrected chi connectivity index (χ2v) is 5.85. The van der Waals surface area contributed by atoms with Crippen LogP contribution < -0.4 is 0 Å². The van der Waals surface area contributed by atoms with Crippen LogP contribution in [0.3, 0.4) is 0 Å². The standard InChI is InChI=1S/C15H11BrOS/c16-13-8-4-7-11-12(9-18-15(11)13)14(17)10-5-2-1-3-6-10/h1-9,14,17H. The average Bonchev–Trinajstić information content (AvgIpc) is 2.84. The fraction of sp³-hybridized carbons (Fsp3) is 0.0667. The summed E-state index contributed by atoms with van der Waals surface area (Å²) in [6.45, 7) is 0. The predicted octanol–water partition coefficient (Wildman–Crippen LogP) is 4.75. The van der Waals surface area contributed by atoms with Crippen molar-refractivity contribution >= 4 is 37.4 Å². The Labute approximate surface area is 118 Å². The highest BCUT2D eigenvalue weighted by Gasteiger charge is 2.15. The molecule has 0 aliphatic rings. The van der Waals surface area contributed by atoms with E-state index in [1.807, 2.05) is 47.8 Å². The zero-order chi connectivity index (χ0) is 12.5. The third-order valence-electron chi connectivity index (χ3n) is 2.99. The predicted molar refractivity (Wildman–Crippen MR) is 80.0 cm³/mol. The Bertz CT molecular complexity index is 675. The molecule has 0 bridgehead atoms. The van der Waals surface area contributed by atoms with Crippen molar-refractivity contribution in [2.45, 2.75) is 6.10 Å². The summed E-state index contributed by atoms with van der Waals surface area (Å²) in [6.07, 6.45) is -0.561. The van der Waals surface area contributed by atoms with Gasteiger partial charge in [0.1, 0.15) is 6.10 Å². The van der Waals surface area contributed by atoms with Crippen LogP contribution >= 0.6 is 27.3 Å². The number of aliphatic hydroxyl groups excluding tert-OH is 1. The molecule has 1 aromatic heterocycles. The first-order valence-corrected chi connectivity index (χ1v) is 7.33. The normalized spacial score (nSPS) is 12.8. The highest BCUT2D eigenvalue weighted by Crippen LogP contribution is 2.36. The molecule has 3 rings (SSSR count). The van der Waals surface area contributed by atoms with Gasteiger partial charge in [0.25, 0.3) is 0 Å². The minimum atomic E-state index is -0.561. The minimum absolute atomic E-state index is 0.561. The van der Waals surface area contributed by atoms with Crippen molar-refractivity contribution in [3.63, 3.8) is 0 Å². The third-order valence-corrected chi connectivity index (χ3v) is 4.96. The SMILES string of the molecule is OC(c1ccccc1)c1csc2c(Br)cccc12. The first-order chi connectivity index (χ1) is 8.77. The van der Waals surface area contributed by atoms with Gasteiger partial charge in [-0.15, -0.1) is 11.3 Å². The first-order valence-electron chi connectivity index (χ1n) is 5.66. The van der Waals surface area contributed by atoms with Crippen molar-refractivity contribution in [2.24, 2.45) is 0 Å². The molecule has 0 aliphatic heterocycles. The molecule has 1 atom stereocenters. The smallest absolute Gasteiger partial charge is 0.105 e. The molecule has 1 N–H and O–H groups in total. The molecular formula is C15H11BrOS. The van der Waals surface area contributed by atoms with E-state index in [-0.39, 0.29) is 0 Å².